The van der Waals surface area contributed by atoms with Crippen LogP contribution in [0.25, 0.3) is 0 Å². The minimum Gasteiger partial charge on any atom is -0.103 e. The fourth-order valence-corrected chi connectivity index (χ4v) is 1.35. The van der Waals surface area contributed by atoms with E-state index in [1.54, 1.807) is 5.92 Å². The van der Waals surface area contributed by atoms with Crippen molar-refractivity contribution in [3.05, 3.63) is 18.6 Å². The summed E-state index contributed by atoms with van der Waals surface area (Å²) >= 11 is 0. The minimum atomic E-state index is 0.745. The van der Waals surface area contributed by atoms with Gasteiger partial charge in [-0.1, -0.05) is 19.4 Å². The van der Waals surface area contributed by atoms with Crippen LogP contribution >= 0.6 is 0 Å². The Kier molecular flexibility index (Phi) is 1.72. The summed E-state index contributed by atoms with van der Waals surface area (Å²) in [5.41, 5.74) is 0. The van der Waals surface area contributed by atoms with Crippen molar-refractivity contribution in [3.8, 4) is 0 Å². The molecule has 0 heterocycles. The Hall–Kier alpha value is -0.260. The SMILES string of the molecule is C=CC1CCC[C]1C. The minimum absolute atomic E-state index is 0.745. The lowest BCUT2D eigenvalue weighted by Crippen LogP contribution is -1.95. The zero-order valence-corrected chi connectivity index (χ0v) is 5.48. The van der Waals surface area contributed by atoms with Crippen LogP contribution in [-0.4, -0.2) is 0 Å². The topological polar surface area (TPSA) is 0 Å². The quantitative estimate of drug-likeness (QED) is 0.454. The van der Waals surface area contributed by atoms with E-state index in [9.17, 15) is 0 Å². The van der Waals surface area contributed by atoms with Crippen molar-refractivity contribution in [1.82, 2.24) is 0 Å². The number of allylic oxidation sites excluding steroid dienone is 1. The second-order valence-electron chi connectivity index (χ2n) is 2.58. The maximum absolute atomic E-state index is 3.77. The van der Waals surface area contributed by atoms with Crippen molar-refractivity contribution in [3.63, 3.8) is 0 Å². The van der Waals surface area contributed by atoms with Gasteiger partial charge in [0.25, 0.3) is 0 Å². The van der Waals surface area contributed by atoms with Crippen LogP contribution in [0.4, 0.5) is 0 Å². The summed E-state index contributed by atoms with van der Waals surface area (Å²) in [4.78, 5) is 0. The first-order valence-corrected chi connectivity index (χ1v) is 3.29. The summed E-state index contributed by atoms with van der Waals surface area (Å²) in [5, 5.41) is 0. The van der Waals surface area contributed by atoms with Crippen molar-refractivity contribution >= 4 is 0 Å². The summed E-state index contributed by atoms with van der Waals surface area (Å²) in [6.07, 6.45) is 6.12. The summed E-state index contributed by atoms with van der Waals surface area (Å²) in [5.74, 6) is 2.37. The third-order valence-electron chi connectivity index (χ3n) is 2.00. The van der Waals surface area contributed by atoms with E-state index in [1.807, 2.05) is 0 Å². The maximum Gasteiger partial charge on any atom is -0.0177 e. The van der Waals surface area contributed by atoms with Crippen LogP contribution in [0.1, 0.15) is 26.2 Å². The predicted molar refractivity (Wildman–Crippen MR) is 36.5 cm³/mol. The molecule has 1 rings (SSSR count). The van der Waals surface area contributed by atoms with Crippen molar-refractivity contribution in [1.29, 1.82) is 0 Å². The van der Waals surface area contributed by atoms with Gasteiger partial charge in [-0.25, -0.2) is 0 Å². The molecule has 0 aromatic heterocycles. The van der Waals surface area contributed by atoms with Crippen molar-refractivity contribution < 1.29 is 0 Å². The molecule has 0 aromatic carbocycles. The van der Waals surface area contributed by atoms with E-state index >= 15 is 0 Å². The molecule has 1 fully saturated rings. The van der Waals surface area contributed by atoms with Crippen LogP contribution in [0.15, 0.2) is 12.7 Å². The molecular weight excluding hydrogens is 96.1 g/mol. The molecule has 45 valence electrons. The molecule has 0 heteroatoms. The second-order valence-corrected chi connectivity index (χ2v) is 2.58. The molecule has 1 aliphatic carbocycles. The Morgan fingerprint density at radius 3 is 2.75 bits per heavy atom. The molecule has 1 atom stereocenters. The van der Waals surface area contributed by atoms with Gasteiger partial charge in [-0.05, 0) is 24.7 Å². The van der Waals surface area contributed by atoms with Crippen LogP contribution < -0.4 is 0 Å². The highest BCUT2D eigenvalue weighted by molar-refractivity contribution is 5.04. The second kappa shape index (κ2) is 2.34. The van der Waals surface area contributed by atoms with Crippen LogP contribution in [0, 0.1) is 11.8 Å². The zero-order chi connectivity index (χ0) is 5.98. The molecule has 0 N–H and O–H groups in total. The third-order valence-corrected chi connectivity index (χ3v) is 2.00. The maximum atomic E-state index is 3.77. The molecule has 0 bridgehead atoms. The zero-order valence-electron chi connectivity index (χ0n) is 5.48. The van der Waals surface area contributed by atoms with E-state index in [4.69, 9.17) is 0 Å². The van der Waals surface area contributed by atoms with Gasteiger partial charge >= 0.3 is 0 Å². The summed E-state index contributed by atoms with van der Waals surface area (Å²) in [6, 6.07) is 0. The predicted octanol–water partition coefficient (Wildman–Crippen LogP) is 2.57. The van der Waals surface area contributed by atoms with Crippen molar-refractivity contribution in [2.75, 3.05) is 0 Å². The van der Waals surface area contributed by atoms with Crippen molar-refractivity contribution in [2.45, 2.75) is 26.2 Å². The lowest BCUT2D eigenvalue weighted by molar-refractivity contribution is 0.720. The highest BCUT2D eigenvalue weighted by Crippen LogP contribution is 2.33. The van der Waals surface area contributed by atoms with Gasteiger partial charge in [-0.2, -0.15) is 0 Å². The fourth-order valence-electron chi connectivity index (χ4n) is 1.35. The van der Waals surface area contributed by atoms with Gasteiger partial charge in [0.15, 0.2) is 0 Å². The van der Waals surface area contributed by atoms with E-state index in [0.29, 0.717) is 0 Å². The smallest absolute Gasteiger partial charge is 0.0177 e. The average molecular weight is 109 g/mol. The number of rotatable bonds is 1. The van der Waals surface area contributed by atoms with E-state index in [0.717, 1.165) is 5.92 Å². The standard InChI is InChI=1S/C8H13/c1-3-8-6-4-5-7(8)2/h3,8H,1,4-6H2,2H3. The highest BCUT2D eigenvalue weighted by Gasteiger charge is 2.19. The average Bonchev–Trinajstić information content (AvgIpc) is 2.14. The lowest BCUT2D eigenvalue weighted by Gasteiger charge is -2.06. The molecule has 0 aromatic rings. The number of hydrogen-bond donors (Lipinski definition) is 0. The molecule has 1 saturated carbocycles. The van der Waals surface area contributed by atoms with Crippen LogP contribution in [-0.2, 0) is 0 Å². The molecule has 0 aliphatic heterocycles. The Morgan fingerprint density at radius 2 is 2.50 bits per heavy atom. The van der Waals surface area contributed by atoms with E-state index in [2.05, 4.69) is 19.6 Å². The molecule has 0 amide bonds. The van der Waals surface area contributed by atoms with Gasteiger partial charge in [0.05, 0.1) is 0 Å². The van der Waals surface area contributed by atoms with E-state index < -0.39 is 0 Å². The molecular formula is C8H13. The summed E-state index contributed by atoms with van der Waals surface area (Å²) in [7, 11) is 0. The van der Waals surface area contributed by atoms with Crippen LogP contribution in [0.3, 0.4) is 0 Å². The van der Waals surface area contributed by atoms with E-state index in [-0.39, 0.29) is 0 Å². The Labute approximate surface area is 51.6 Å². The molecule has 0 nitrogen and oxygen atoms in total. The molecule has 1 aliphatic rings. The van der Waals surface area contributed by atoms with E-state index in [1.165, 1.54) is 19.3 Å². The Balaban J connectivity index is 2.41. The van der Waals surface area contributed by atoms with Crippen LogP contribution in [0.2, 0.25) is 0 Å². The number of hydrogen-bond acceptors (Lipinski definition) is 0. The lowest BCUT2D eigenvalue weighted by atomic mass is 9.99. The fraction of sp³-hybridized carbons (Fsp3) is 0.625. The van der Waals surface area contributed by atoms with Gasteiger partial charge in [0.1, 0.15) is 0 Å². The molecule has 0 saturated heterocycles. The van der Waals surface area contributed by atoms with Gasteiger partial charge < -0.3 is 0 Å². The summed E-state index contributed by atoms with van der Waals surface area (Å²) < 4.78 is 0. The first-order chi connectivity index (χ1) is 3.84. The first kappa shape index (κ1) is 5.87. The van der Waals surface area contributed by atoms with Gasteiger partial charge in [0.2, 0.25) is 0 Å². The molecule has 8 heavy (non-hydrogen) atoms. The molecule has 1 unspecified atom stereocenters. The van der Waals surface area contributed by atoms with Gasteiger partial charge in [-0.15, -0.1) is 6.58 Å². The van der Waals surface area contributed by atoms with Gasteiger partial charge in [-0.3, -0.25) is 0 Å². The normalized spacial score (nSPS) is 30.9. The van der Waals surface area contributed by atoms with Crippen molar-refractivity contribution in [2.24, 2.45) is 5.92 Å². The van der Waals surface area contributed by atoms with Gasteiger partial charge in [0, 0.05) is 0 Å². The molecule has 1 radical (unpaired) electrons. The van der Waals surface area contributed by atoms with Crippen LogP contribution in [0.5, 0.6) is 0 Å². The Bertz CT molecular complexity index is 84.0. The Morgan fingerprint density at radius 1 is 1.75 bits per heavy atom. The monoisotopic (exact) mass is 109 g/mol. The third kappa shape index (κ3) is 0.936. The molecule has 0 spiro atoms. The first-order valence-electron chi connectivity index (χ1n) is 3.29. The summed E-state index contributed by atoms with van der Waals surface area (Å²) in [6.45, 7) is 6.01. The highest BCUT2D eigenvalue weighted by atomic mass is 14.2. The largest absolute Gasteiger partial charge is 0.103 e.